The van der Waals surface area contributed by atoms with E-state index in [0.29, 0.717) is 0 Å². The van der Waals surface area contributed by atoms with Gasteiger partial charge < -0.3 is 29.4 Å². The van der Waals surface area contributed by atoms with E-state index in [1.807, 2.05) is 0 Å². The second-order valence-corrected chi connectivity index (χ2v) is 37.0. The highest BCUT2D eigenvalue weighted by atomic mass is 15.2. The average Bonchev–Trinajstić information content (AvgIpc) is 0.728. The third-order valence-corrected chi connectivity index (χ3v) is 27.3. The van der Waals surface area contributed by atoms with Gasteiger partial charge in [0.2, 0.25) is 0 Å². The summed E-state index contributed by atoms with van der Waals surface area (Å²) in [4.78, 5) is 13.9. The molecule has 0 saturated heterocycles. The molecule has 0 amide bonds. The van der Waals surface area contributed by atoms with Gasteiger partial charge in [0.15, 0.2) is 0 Å². The summed E-state index contributed by atoms with van der Waals surface area (Å²) in [5.41, 5.74) is 39.4. The van der Waals surface area contributed by atoms with Crippen LogP contribution in [0.3, 0.4) is 0 Å². The van der Waals surface area contributed by atoms with Crippen LogP contribution in [0, 0.1) is 13.8 Å². The summed E-state index contributed by atoms with van der Waals surface area (Å²) in [6.07, 6.45) is 0. The number of anilines is 18. The molecule has 0 aliphatic carbocycles. The number of benzene rings is 24. The van der Waals surface area contributed by atoms with E-state index in [4.69, 9.17) is 0 Å². The minimum absolute atomic E-state index is 1.10. The van der Waals surface area contributed by atoms with Crippen molar-refractivity contribution in [3.05, 3.63) is 630 Å². The molecule has 0 saturated carbocycles. The molecular formula is C142H108N6. The molecule has 0 unspecified atom stereocenters. The van der Waals surface area contributed by atoms with E-state index >= 15 is 0 Å². The van der Waals surface area contributed by atoms with Crippen molar-refractivity contribution in [1.29, 1.82) is 0 Å². The minimum atomic E-state index is 1.10. The molecule has 0 bridgehead atoms. The van der Waals surface area contributed by atoms with Crippen molar-refractivity contribution in [3.63, 3.8) is 0 Å². The minimum Gasteiger partial charge on any atom is -0.311 e. The van der Waals surface area contributed by atoms with Gasteiger partial charge in [-0.3, -0.25) is 0 Å². The van der Waals surface area contributed by atoms with Crippen LogP contribution >= 0.6 is 0 Å². The fourth-order valence-corrected chi connectivity index (χ4v) is 19.6. The number of hydrogen-bond donors (Lipinski definition) is 0. The van der Waals surface area contributed by atoms with Crippen LogP contribution < -0.4 is 29.4 Å². The van der Waals surface area contributed by atoms with Crippen LogP contribution in [-0.2, 0) is 0 Å². The molecule has 24 aromatic carbocycles. The summed E-state index contributed by atoms with van der Waals surface area (Å²) in [6.45, 7) is 4.25. The standard InChI is InChI=1S/C52H38N2.C50H40N2.C40H30N2/c1-4-13-39(14-5-1)41-23-31-47(32-24-41)53(48-33-25-42(26-34-48)40-15-6-2-7-16-40)49-35-27-43(28-36-49)44-29-37-50(38-30-44)54(46-19-8-3-9-20-46)52-22-12-18-45-17-10-11-21-51(45)52;1-37-13-17-39(18-14-37)41-21-31-48(32-22-41)52(49-33-23-42(24-34-49)40-19-15-38(2)16-20-40)50-35-27-44(28-36-50)43-25-29-47(30-26-43)51(45-9-5-3-6-10-45)46-11-7-4-8-12-46;1-4-14-35(15-5-1)41(36-16-6-2-7-17-36)38-25-20-32(21-26-38)33-22-27-39(28-23-33)42(37-18-8-3-9-19-37)40-29-24-31-12-10-11-13-34(31)30-40/h1-38H;3-36H,1-2H3;1-30H. The molecule has 0 aliphatic heterocycles. The summed E-state index contributed by atoms with van der Waals surface area (Å²) in [6, 6.07) is 221. The molecular weight excluding hydrogens is 1790 g/mol. The molecule has 0 N–H and O–H groups in total. The zero-order valence-electron chi connectivity index (χ0n) is 82.6. The maximum Gasteiger partial charge on any atom is 0.0540 e. The molecule has 0 spiro atoms. The Balaban J connectivity index is 0.000000127. The normalized spacial score (nSPS) is 10.9. The van der Waals surface area contributed by atoms with Gasteiger partial charge >= 0.3 is 0 Å². The molecule has 0 atom stereocenters. The second-order valence-electron chi connectivity index (χ2n) is 37.0. The van der Waals surface area contributed by atoms with E-state index in [2.05, 4.69) is 662 Å². The van der Waals surface area contributed by atoms with Gasteiger partial charge in [-0.2, -0.15) is 0 Å². The highest BCUT2D eigenvalue weighted by Crippen LogP contribution is 2.47. The highest BCUT2D eigenvalue weighted by molar-refractivity contribution is 6.00. The Bertz CT molecular complexity index is 8180. The maximum absolute atomic E-state index is 2.35. The lowest BCUT2D eigenvalue weighted by molar-refractivity contribution is 1.28. The quantitative estimate of drug-likeness (QED) is 0.0564. The van der Waals surface area contributed by atoms with Crippen molar-refractivity contribution in [2.24, 2.45) is 0 Å². The Kier molecular flexibility index (Phi) is 28.1. The Morgan fingerprint density at radius 3 is 0.514 bits per heavy atom. The van der Waals surface area contributed by atoms with Gasteiger partial charge in [-0.25, -0.2) is 0 Å². The van der Waals surface area contributed by atoms with Gasteiger partial charge in [0.25, 0.3) is 0 Å². The molecule has 148 heavy (non-hydrogen) atoms. The van der Waals surface area contributed by atoms with Crippen LogP contribution in [0.1, 0.15) is 11.1 Å². The summed E-state index contributed by atoms with van der Waals surface area (Å²) in [5.74, 6) is 0. The molecule has 706 valence electrons. The molecule has 0 aromatic heterocycles. The number of aryl methyl sites for hydroxylation is 2. The van der Waals surface area contributed by atoms with E-state index < -0.39 is 0 Å². The highest BCUT2D eigenvalue weighted by Gasteiger charge is 2.23. The topological polar surface area (TPSA) is 19.4 Å². The van der Waals surface area contributed by atoms with Gasteiger partial charge in [0.1, 0.15) is 0 Å². The lowest BCUT2D eigenvalue weighted by Crippen LogP contribution is -2.10. The average molecular weight is 1900 g/mol. The van der Waals surface area contributed by atoms with Crippen LogP contribution in [0.4, 0.5) is 102 Å². The van der Waals surface area contributed by atoms with Crippen molar-refractivity contribution in [1.82, 2.24) is 0 Å². The van der Waals surface area contributed by atoms with Crippen LogP contribution in [0.15, 0.2) is 619 Å². The van der Waals surface area contributed by atoms with Gasteiger partial charge in [0.05, 0.1) is 5.69 Å². The number of rotatable bonds is 25. The van der Waals surface area contributed by atoms with Gasteiger partial charge in [0, 0.05) is 102 Å². The van der Waals surface area contributed by atoms with E-state index in [0.717, 1.165) is 102 Å². The Morgan fingerprint density at radius 2 is 0.264 bits per heavy atom. The molecule has 24 rings (SSSR count). The number of hydrogen-bond acceptors (Lipinski definition) is 6. The predicted octanol–water partition coefficient (Wildman–Crippen LogP) is 40.5. The SMILES string of the molecule is Cc1ccc(-c2ccc(N(c3ccc(-c4ccc(C)cc4)cc3)c3ccc(-c4ccc(N(c5ccccc5)c5ccccc5)cc4)cc3)cc2)cc1.c1ccc(-c2ccc(N(c3ccc(-c4ccccc4)cc3)c3ccc(-c4ccc(N(c5ccccc5)c5cccc6ccccc56)cc4)cc3)cc2)cc1.c1ccc(N(c2ccccc2)c2ccc(-c3ccc(N(c4ccccc4)c4ccc5ccccc5c4)cc3)cc2)cc1. The molecule has 0 fully saturated rings. The smallest absolute Gasteiger partial charge is 0.0540 e. The first-order chi connectivity index (χ1) is 73.2. The zero-order valence-corrected chi connectivity index (χ0v) is 82.6. The molecule has 6 heteroatoms. The van der Waals surface area contributed by atoms with E-state index in [1.165, 1.54) is 111 Å². The number of para-hydroxylation sites is 6. The van der Waals surface area contributed by atoms with Crippen LogP contribution in [0.25, 0.3) is 99.4 Å². The van der Waals surface area contributed by atoms with Gasteiger partial charge in [-0.05, 0) is 320 Å². The Morgan fingerprint density at radius 1 is 0.101 bits per heavy atom. The molecule has 0 heterocycles. The summed E-state index contributed by atoms with van der Waals surface area (Å²) >= 11 is 0. The molecule has 24 aromatic rings. The predicted molar refractivity (Wildman–Crippen MR) is 630 cm³/mol. The van der Waals surface area contributed by atoms with Crippen molar-refractivity contribution in [3.8, 4) is 77.9 Å². The van der Waals surface area contributed by atoms with Gasteiger partial charge in [-0.1, -0.05) is 418 Å². The first kappa shape index (κ1) is 93.6. The summed E-state index contributed by atoms with van der Waals surface area (Å²) < 4.78 is 0. The first-order valence-electron chi connectivity index (χ1n) is 50.6. The fourth-order valence-electron chi connectivity index (χ4n) is 19.6. The number of fused-ring (bicyclic) bond motifs is 2. The lowest BCUT2D eigenvalue weighted by atomic mass is 10.0. The van der Waals surface area contributed by atoms with Crippen molar-refractivity contribution >= 4 is 124 Å². The zero-order chi connectivity index (χ0) is 99.5. The van der Waals surface area contributed by atoms with Crippen LogP contribution in [-0.4, -0.2) is 0 Å². The Labute approximate surface area is 868 Å². The maximum atomic E-state index is 2.35. The van der Waals surface area contributed by atoms with Crippen LogP contribution in [0.5, 0.6) is 0 Å². The number of nitrogens with zero attached hydrogens (tertiary/aromatic N) is 6. The second kappa shape index (κ2) is 44.4. The third kappa shape index (κ3) is 21.4. The van der Waals surface area contributed by atoms with Crippen molar-refractivity contribution in [2.75, 3.05) is 29.4 Å². The van der Waals surface area contributed by atoms with Crippen LogP contribution in [0.2, 0.25) is 0 Å². The Hall–Kier alpha value is -19.4. The fraction of sp³-hybridized carbons (Fsp3) is 0.0141. The van der Waals surface area contributed by atoms with Crippen molar-refractivity contribution < 1.29 is 0 Å². The molecule has 0 radical (unpaired) electrons. The lowest BCUT2D eigenvalue weighted by Gasteiger charge is -2.27. The largest absolute Gasteiger partial charge is 0.311 e. The summed E-state index contributed by atoms with van der Waals surface area (Å²) in [7, 11) is 0. The van der Waals surface area contributed by atoms with E-state index in [9.17, 15) is 0 Å². The monoisotopic (exact) mass is 1900 g/mol. The summed E-state index contributed by atoms with van der Waals surface area (Å²) in [5, 5.41) is 4.91. The van der Waals surface area contributed by atoms with E-state index in [-0.39, 0.29) is 0 Å². The van der Waals surface area contributed by atoms with Crippen molar-refractivity contribution in [2.45, 2.75) is 13.8 Å². The first-order valence-corrected chi connectivity index (χ1v) is 50.6. The van der Waals surface area contributed by atoms with E-state index in [1.54, 1.807) is 0 Å². The van der Waals surface area contributed by atoms with Gasteiger partial charge in [-0.15, -0.1) is 0 Å². The molecule has 6 nitrogen and oxygen atoms in total. The third-order valence-electron chi connectivity index (χ3n) is 27.3. The molecule has 0 aliphatic rings.